The van der Waals surface area contributed by atoms with Crippen LogP contribution in [0.25, 0.3) is 0 Å². The summed E-state index contributed by atoms with van der Waals surface area (Å²) < 4.78 is 11.5. The number of hydrogen-bond acceptors (Lipinski definition) is 3. The second-order valence-corrected chi connectivity index (χ2v) is 4.53. The van der Waals surface area contributed by atoms with Crippen molar-refractivity contribution in [2.45, 2.75) is 0 Å². The molecular weight excluding hydrogens is 294 g/mol. The van der Waals surface area contributed by atoms with Gasteiger partial charge in [0.25, 0.3) is 0 Å². The first kappa shape index (κ1) is 12.6. The van der Waals surface area contributed by atoms with Crippen LogP contribution in [0.3, 0.4) is 0 Å². The maximum Gasteiger partial charge on any atom is 0.212 e. The van der Waals surface area contributed by atoms with Gasteiger partial charge in [-0.1, -0.05) is 22.0 Å². The summed E-state index contributed by atoms with van der Waals surface area (Å²) in [6.07, 6.45) is 0. The molecule has 0 aromatic heterocycles. The molecule has 0 heterocycles. The lowest BCUT2D eigenvalue weighted by molar-refractivity contribution is 0.401. The van der Waals surface area contributed by atoms with Crippen LogP contribution >= 0.6 is 15.9 Å². The Hall–Kier alpha value is -1.81. The molecule has 2 aromatic carbocycles. The maximum atomic E-state index is 7.53. The Morgan fingerprint density at radius 3 is 2.39 bits per heavy atom. The smallest absolute Gasteiger partial charge is 0.212 e. The molecule has 3 nitrogen and oxygen atoms in total. The second-order valence-electron chi connectivity index (χ2n) is 3.62. The number of rotatable bonds is 3. The highest BCUT2D eigenvalue weighted by Crippen LogP contribution is 2.24. The summed E-state index contributed by atoms with van der Waals surface area (Å²) in [5.74, 6) is 1.63. The zero-order valence-electron chi connectivity index (χ0n) is 9.81. The molecule has 0 aliphatic rings. The third-order valence-corrected chi connectivity index (χ3v) is 2.85. The van der Waals surface area contributed by atoms with Gasteiger partial charge in [-0.05, 0) is 42.5 Å². The van der Waals surface area contributed by atoms with Crippen molar-refractivity contribution < 1.29 is 9.47 Å². The zero-order chi connectivity index (χ0) is 13.0. The summed E-state index contributed by atoms with van der Waals surface area (Å²) in [4.78, 5) is 0. The predicted molar refractivity (Wildman–Crippen MR) is 74.5 cm³/mol. The van der Waals surface area contributed by atoms with Gasteiger partial charge < -0.3 is 9.47 Å². The Balaban J connectivity index is 2.13. The van der Waals surface area contributed by atoms with Gasteiger partial charge in [0.2, 0.25) is 5.90 Å². The van der Waals surface area contributed by atoms with Crippen LogP contribution in [-0.2, 0) is 4.74 Å². The standard InChI is InChI=1S/C14H12BrNO2/c1-17-14(16)10-5-7-12(8-6-10)18-13-4-2-3-11(15)9-13/h2-9,16H,1H3. The average Bonchev–Trinajstić information content (AvgIpc) is 2.39. The van der Waals surface area contributed by atoms with Crippen LogP contribution in [-0.4, -0.2) is 13.0 Å². The van der Waals surface area contributed by atoms with Gasteiger partial charge in [-0.25, -0.2) is 0 Å². The number of benzene rings is 2. The molecule has 0 unspecified atom stereocenters. The van der Waals surface area contributed by atoms with Gasteiger partial charge >= 0.3 is 0 Å². The van der Waals surface area contributed by atoms with Crippen LogP contribution in [0.1, 0.15) is 5.56 Å². The van der Waals surface area contributed by atoms with E-state index in [1.54, 1.807) is 12.1 Å². The van der Waals surface area contributed by atoms with E-state index in [9.17, 15) is 0 Å². The normalized spacial score (nSPS) is 9.89. The molecular formula is C14H12BrNO2. The van der Waals surface area contributed by atoms with Crippen molar-refractivity contribution in [1.29, 1.82) is 5.41 Å². The van der Waals surface area contributed by atoms with E-state index in [-0.39, 0.29) is 5.90 Å². The van der Waals surface area contributed by atoms with E-state index in [0.29, 0.717) is 0 Å². The SMILES string of the molecule is COC(=N)c1ccc(Oc2cccc(Br)c2)cc1. The first-order valence-corrected chi connectivity index (χ1v) is 6.15. The van der Waals surface area contributed by atoms with E-state index in [0.717, 1.165) is 21.5 Å². The molecule has 0 saturated carbocycles. The number of ether oxygens (including phenoxy) is 2. The molecule has 0 bridgehead atoms. The topological polar surface area (TPSA) is 42.3 Å². The molecule has 1 N–H and O–H groups in total. The first-order chi connectivity index (χ1) is 8.69. The molecule has 18 heavy (non-hydrogen) atoms. The van der Waals surface area contributed by atoms with Crippen LogP contribution in [0.5, 0.6) is 11.5 Å². The molecule has 2 rings (SSSR count). The molecule has 0 saturated heterocycles. The van der Waals surface area contributed by atoms with Crippen molar-refractivity contribution in [3.63, 3.8) is 0 Å². The van der Waals surface area contributed by atoms with Gasteiger partial charge in [-0.3, -0.25) is 5.41 Å². The lowest BCUT2D eigenvalue weighted by Gasteiger charge is -2.07. The van der Waals surface area contributed by atoms with Gasteiger partial charge in [0.05, 0.1) is 7.11 Å². The minimum atomic E-state index is 0.143. The molecule has 92 valence electrons. The van der Waals surface area contributed by atoms with Crippen molar-refractivity contribution in [3.05, 3.63) is 58.6 Å². The number of halogens is 1. The Bertz CT molecular complexity index is 552. The third-order valence-electron chi connectivity index (χ3n) is 2.35. The summed E-state index contributed by atoms with van der Waals surface area (Å²) in [6.45, 7) is 0. The fourth-order valence-corrected chi connectivity index (χ4v) is 1.84. The van der Waals surface area contributed by atoms with Crippen molar-refractivity contribution in [3.8, 4) is 11.5 Å². The van der Waals surface area contributed by atoms with Crippen LogP contribution in [0.15, 0.2) is 53.0 Å². The van der Waals surface area contributed by atoms with Crippen molar-refractivity contribution in [2.75, 3.05) is 7.11 Å². The Labute approximate surface area is 114 Å². The van der Waals surface area contributed by atoms with E-state index in [2.05, 4.69) is 15.9 Å². The highest BCUT2D eigenvalue weighted by Gasteiger charge is 2.02. The second kappa shape index (κ2) is 5.69. The zero-order valence-corrected chi connectivity index (χ0v) is 11.4. The quantitative estimate of drug-likeness (QED) is 0.681. The predicted octanol–water partition coefficient (Wildman–Crippen LogP) is 4.21. The molecule has 0 amide bonds. The van der Waals surface area contributed by atoms with E-state index < -0.39 is 0 Å². The molecule has 4 heteroatoms. The van der Waals surface area contributed by atoms with Crippen LogP contribution in [0, 0.1) is 5.41 Å². The monoisotopic (exact) mass is 305 g/mol. The third kappa shape index (κ3) is 3.11. The summed E-state index contributed by atoms with van der Waals surface area (Å²) in [5.41, 5.74) is 0.721. The lowest BCUT2D eigenvalue weighted by Crippen LogP contribution is -2.00. The van der Waals surface area contributed by atoms with Gasteiger partial charge in [-0.2, -0.15) is 0 Å². The van der Waals surface area contributed by atoms with Gasteiger partial charge in [0.15, 0.2) is 0 Å². The largest absolute Gasteiger partial charge is 0.481 e. The van der Waals surface area contributed by atoms with Crippen molar-refractivity contribution >= 4 is 21.8 Å². The van der Waals surface area contributed by atoms with E-state index in [4.69, 9.17) is 14.9 Å². The fraction of sp³-hybridized carbons (Fsp3) is 0.0714. The maximum absolute atomic E-state index is 7.53. The molecule has 2 aromatic rings. The van der Waals surface area contributed by atoms with Crippen LogP contribution in [0.2, 0.25) is 0 Å². The number of nitrogens with one attached hydrogen (secondary N) is 1. The molecule has 0 spiro atoms. The molecule has 0 radical (unpaired) electrons. The number of hydrogen-bond donors (Lipinski definition) is 1. The van der Waals surface area contributed by atoms with E-state index in [1.165, 1.54) is 7.11 Å². The van der Waals surface area contributed by atoms with Gasteiger partial charge in [-0.15, -0.1) is 0 Å². The molecule has 0 aliphatic heterocycles. The summed E-state index contributed by atoms with van der Waals surface area (Å²) >= 11 is 3.39. The Kier molecular flexibility index (Phi) is 3.99. The lowest BCUT2D eigenvalue weighted by atomic mass is 10.2. The van der Waals surface area contributed by atoms with E-state index in [1.807, 2.05) is 36.4 Å². The molecule has 0 atom stereocenters. The number of methoxy groups -OCH3 is 1. The minimum Gasteiger partial charge on any atom is -0.481 e. The summed E-state index contributed by atoms with van der Waals surface area (Å²) in [6, 6.07) is 14.8. The van der Waals surface area contributed by atoms with Crippen molar-refractivity contribution in [1.82, 2.24) is 0 Å². The minimum absolute atomic E-state index is 0.143. The summed E-state index contributed by atoms with van der Waals surface area (Å²) in [7, 11) is 1.48. The highest BCUT2D eigenvalue weighted by molar-refractivity contribution is 9.10. The van der Waals surface area contributed by atoms with Crippen LogP contribution < -0.4 is 4.74 Å². The molecule has 0 aliphatic carbocycles. The first-order valence-electron chi connectivity index (χ1n) is 5.35. The highest BCUT2D eigenvalue weighted by atomic mass is 79.9. The van der Waals surface area contributed by atoms with Crippen molar-refractivity contribution in [2.24, 2.45) is 0 Å². The van der Waals surface area contributed by atoms with Crippen LogP contribution in [0.4, 0.5) is 0 Å². The van der Waals surface area contributed by atoms with Gasteiger partial charge in [0.1, 0.15) is 11.5 Å². The van der Waals surface area contributed by atoms with E-state index >= 15 is 0 Å². The fourth-order valence-electron chi connectivity index (χ4n) is 1.46. The van der Waals surface area contributed by atoms with Gasteiger partial charge in [0, 0.05) is 10.0 Å². The Morgan fingerprint density at radius 2 is 1.78 bits per heavy atom. The Morgan fingerprint density at radius 1 is 1.06 bits per heavy atom. The summed E-state index contributed by atoms with van der Waals surface area (Å²) in [5, 5.41) is 7.53. The average molecular weight is 306 g/mol. The molecule has 0 fully saturated rings.